The second-order valence-corrected chi connectivity index (χ2v) is 3.12. The van der Waals surface area contributed by atoms with Gasteiger partial charge >= 0.3 is 5.97 Å². The molecule has 0 fully saturated rings. The number of rotatable bonds is 5. The van der Waals surface area contributed by atoms with Crippen molar-refractivity contribution in [1.82, 2.24) is 0 Å². The van der Waals surface area contributed by atoms with Crippen LogP contribution in [-0.2, 0) is 16.0 Å². The summed E-state index contributed by atoms with van der Waals surface area (Å²) in [4.78, 5) is 10.4. The predicted octanol–water partition coefficient (Wildman–Crippen LogP) is 2.32. The van der Waals surface area contributed by atoms with Gasteiger partial charge in [0.1, 0.15) is 5.76 Å². The summed E-state index contributed by atoms with van der Waals surface area (Å²) in [6, 6.07) is 7.17. The van der Waals surface area contributed by atoms with E-state index < -0.39 is 5.97 Å². The van der Waals surface area contributed by atoms with Gasteiger partial charge in [-0.2, -0.15) is 0 Å². The Morgan fingerprint density at radius 3 is 2.47 bits per heavy atom. The van der Waals surface area contributed by atoms with E-state index in [1.807, 2.05) is 19.1 Å². The summed E-state index contributed by atoms with van der Waals surface area (Å²) < 4.78 is 5.24. The monoisotopic (exact) mass is 206 g/mol. The van der Waals surface area contributed by atoms with Gasteiger partial charge in [-0.3, -0.25) is 4.79 Å². The van der Waals surface area contributed by atoms with Crippen molar-refractivity contribution in [2.24, 2.45) is 0 Å². The lowest BCUT2D eigenvalue weighted by Gasteiger charge is -2.07. The zero-order valence-corrected chi connectivity index (χ0v) is 8.69. The Bertz CT molecular complexity index is 352. The second-order valence-electron chi connectivity index (χ2n) is 3.12. The van der Waals surface area contributed by atoms with Gasteiger partial charge < -0.3 is 9.84 Å². The molecule has 0 heterocycles. The smallest absolute Gasteiger partial charge is 0.307 e. The fraction of sp³-hybridized carbons (Fsp3) is 0.250. The van der Waals surface area contributed by atoms with Crippen LogP contribution < -0.4 is 0 Å². The third kappa shape index (κ3) is 3.46. The van der Waals surface area contributed by atoms with E-state index in [9.17, 15) is 4.79 Å². The van der Waals surface area contributed by atoms with E-state index >= 15 is 0 Å². The quantitative estimate of drug-likeness (QED) is 0.752. The lowest BCUT2D eigenvalue weighted by atomic mass is 10.1. The van der Waals surface area contributed by atoms with E-state index in [-0.39, 0.29) is 6.42 Å². The van der Waals surface area contributed by atoms with Crippen LogP contribution in [0.3, 0.4) is 0 Å². The highest BCUT2D eigenvalue weighted by atomic mass is 16.5. The van der Waals surface area contributed by atoms with Crippen LogP contribution in [0.15, 0.2) is 30.8 Å². The van der Waals surface area contributed by atoms with Gasteiger partial charge in [-0.25, -0.2) is 0 Å². The molecule has 1 N–H and O–H groups in total. The van der Waals surface area contributed by atoms with Gasteiger partial charge in [-0.1, -0.05) is 30.8 Å². The van der Waals surface area contributed by atoms with Crippen molar-refractivity contribution in [2.75, 3.05) is 6.61 Å². The second kappa shape index (κ2) is 5.20. The maximum absolute atomic E-state index is 10.4. The van der Waals surface area contributed by atoms with Gasteiger partial charge in [0, 0.05) is 5.56 Å². The van der Waals surface area contributed by atoms with Crippen LogP contribution in [0.25, 0.3) is 5.76 Å². The maximum Gasteiger partial charge on any atom is 0.307 e. The van der Waals surface area contributed by atoms with Crippen molar-refractivity contribution >= 4 is 11.7 Å². The number of carboxylic acids is 1. The third-order valence-electron chi connectivity index (χ3n) is 1.95. The van der Waals surface area contributed by atoms with Gasteiger partial charge in [-0.15, -0.1) is 0 Å². The molecule has 3 nitrogen and oxygen atoms in total. The molecule has 0 bridgehead atoms. The van der Waals surface area contributed by atoms with Gasteiger partial charge in [0.2, 0.25) is 0 Å². The zero-order chi connectivity index (χ0) is 11.3. The molecule has 3 heteroatoms. The molecule has 0 atom stereocenters. The lowest BCUT2D eigenvalue weighted by molar-refractivity contribution is -0.136. The van der Waals surface area contributed by atoms with Gasteiger partial charge in [0.05, 0.1) is 13.0 Å². The highest BCUT2D eigenvalue weighted by molar-refractivity contribution is 5.70. The minimum Gasteiger partial charge on any atom is -0.494 e. The minimum atomic E-state index is -0.827. The van der Waals surface area contributed by atoms with Crippen LogP contribution >= 0.6 is 0 Å². The number of carboxylic acid groups (broad SMARTS) is 1. The van der Waals surface area contributed by atoms with Crippen molar-refractivity contribution in [2.45, 2.75) is 13.3 Å². The Morgan fingerprint density at radius 1 is 1.40 bits per heavy atom. The van der Waals surface area contributed by atoms with Crippen LogP contribution in [0, 0.1) is 0 Å². The Morgan fingerprint density at radius 2 is 2.00 bits per heavy atom. The van der Waals surface area contributed by atoms with Gasteiger partial charge in [0.25, 0.3) is 0 Å². The van der Waals surface area contributed by atoms with Crippen molar-refractivity contribution in [3.63, 3.8) is 0 Å². The summed E-state index contributed by atoms with van der Waals surface area (Å²) >= 11 is 0. The summed E-state index contributed by atoms with van der Waals surface area (Å²) in [6.45, 7) is 6.24. The average Bonchev–Trinajstić information content (AvgIpc) is 2.18. The molecule has 0 aliphatic rings. The first kappa shape index (κ1) is 11.3. The molecule has 80 valence electrons. The van der Waals surface area contributed by atoms with Crippen LogP contribution in [0.1, 0.15) is 18.1 Å². The molecule has 1 rings (SSSR count). The summed E-state index contributed by atoms with van der Waals surface area (Å²) in [5, 5.41) is 8.59. The van der Waals surface area contributed by atoms with Crippen molar-refractivity contribution in [3.8, 4) is 0 Å². The Kier molecular flexibility index (Phi) is 3.92. The zero-order valence-electron chi connectivity index (χ0n) is 8.69. The molecule has 0 aliphatic heterocycles. The van der Waals surface area contributed by atoms with E-state index in [1.165, 1.54) is 0 Å². The van der Waals surface area contributed by atoms with Crippen molar-refractivity contribution < 1.29 is 14.6 Å². The van der Waals surface area contributed by atoms with Crippen molar-refractivity contribution in [3.05, 3.63) is 42.0 Å². The predicted molar refractivity (Wildman–Crippen MR) is 58.4 cm³/mol. The number of hydrogen-bond acceptors (Lipinski definition) is 2. The fourth-order valence-corrected chi connectivity index (χ4v) is 1.24. The topological polar surface area (TPSA) is 46.5 Å². The summed E-state index contributed by atoms with van der Waals surface area (Å²) in [5.41, 5.74) is 1.65. The fourth-order valence-electron chi connectivity index (χ4n) is 1.24. The van der Waals surface area contributed by atoms with E-state index in [1.54, 1.807) is 12.1 Å². The Labute approximate surface area is 89.0 Å². The van der Waals surface area contributed by atoms with Gasteiger partial charge in [0.15, 0.2) is 0 Å². The molecule has 1 aromatic carbocycles. The SMILES string of the molecule is C=C(OCC)c1ccc(CC(=O)O)cc1. The first-order valence-electron chi connectivity index (χ1n) is 4.76. The molecule has 0 saturated heterocycles. The number of carbonyl (C=O) groups is 1. The van der Waals surface area contributed by atoms with Gasteiger partial charge in [-0.05, 0) is 12.5 Å². The molecule has 0 amide bonds. The molecule has 0 aromatic heterocycles. The van der Waals surface area contributed by atoms with Crippen LogP contribution in [-0.4, -0.2) is 17.7 Å². The number of hydrogen-bond donors (Lipinski definition) is 1. The molecular weight excluding hydrogens is 192 g/mol. The Balaban J connectivity index is 2.71. The van der Waals surface area contributed by atoms with E-state index in [0.717, 1.165) is 11.1 Å². The average molecular weight is 206 g/mol. The van der Waals surface area contributed by atoms with E-state index in [4.69, 9.17) is 9.84 Å². The molecule has 0 unspecified atom stereocenters. The first-order chi connectivity index (χ1) is 7.13. The number of benzene rings is 1. The maximum atomic E-state index is 10.4. The molecule has 0 spiro atoms. The highest BCUT2D eigenvalue weighted by Gasteiger charge is 2.02. The normalized spacial score (nSPS) is 9.67. The molecule has 0 saturated carbocycles. The standard InChI is InChI=1S/C12H14O3/c1-3-15-9(2)11-6-4-10(5-7-11)8-12(13)14/h4-7H,2-3,8H2,1H3,(H,13,14). The van der Waals surface area contributed by atoms with E-state index in [0.29, 0.717) is 12.4 Å². The van der Waals surface area contributed by atoms with Crippen LogP contribution in [0.4, 0.5) is 0 Å². The summed E-state index contributed by atoms with van der Waals surface area (Å²) in [7, 11) is 0. The minimum absolute atomic E-state index is 0.0430. The lowest BCUT2D eigenvalue weighted by Crippen LogP contribution is -2.00. The van der Waals surface area contributed by atoms with Crippen LogP contribution in [0.5, 0.6) is 0 Å². The molecule has 0 radical (unpaired) electrons. The van der Waals surface area contributed by atoms with E-state index in [2.05, 4.69) is 6.58 Å². The molecule has 0 aliphatic carbocycles. The molecule has 1 aromatic rings. The Hall–Kier alpha value is -1.77. The third-order valence-corrected chi connectivity index (χ3v) is 1.95. The van der Waals surface area contributed by atoms with Crippen molar-refractivity contribution in [1.29, 1.82) is 0 Å². The first-order valence-corrected chi connectivity index (χ1v) is 4.76. The summed E-state index contributed by atoms with van der Waals surface area (Å²) in [6.07, 6.45) is 0.0430. The summed E-state index contributed by atoms with van der Waals surface area (Å²) in [5.74, 6) is -0.217. The molecule has 15 heavy (non-hydrogen) atoms. The number of aliphatic carboxylic acids is 1. The highest BCUT2D eigenvalue weighted by Crippen LogP contribution is 2.14. The number of ether oxygens (including phenoxy) is 1. The molecular formula is C12H14O3. The largest absolute Gasteiger partial charge is 0.494 e. The van der Waals surface area contributed by atoms with Crippen LogP contribution in [0.2, 0.25) is 0 Å².